The molecule has 118 valence electrons. The minimum absolute atomic E-state index is 0.0872. The Morgan fingerprint density at radius 1 is 1.50 bits per heavy atom. The summed E-state index contributed by atoms with van der Waals surface area (Å²) in [7, 11) is 0. The van der Waals surface area contributed by atoms with E-state index >= 15 is 0 Å². The number of piperidine rings is 1. The lowest BCUT2D eigenvalue weighted by molar-refractivity contribution is -0.132. The Labute approximate surface area is 133 Å². The third kappa shape index (κ3) is 3.72. The van der Waals surface area contributed by atoms with Gasteiger partial charge in [-0.1, -0.05) is 11.3 Å². The quantitative estimate of drug-likeness (QED) is 0.902. The van der Waals surface area contributed by atoms with Crippen LogP contribution >= 0.6 is 11.3 Å². The lowest BCUT2D eigenvalue weighted by atomic mass is 9.97. The second-order valence-electron chi connectivity index (χ2n) is 5.69. The first kappa shape index (κ1) is 15.2. The molecule has 1 amide bonds. The van der Waals surface area contributed by atoms with Crippen molar-refractivity contribution < 1.29 is 9.90 Å². The van der Waals surface area contributed by atoms with E-state index in [9.17, 15) is 4.79 Å². The van der Waals surface area contributed by atoms with Crippen LogP contribution in [0.3, 0.4) is 0 Å². The van der Waals surface area contributed by atoms with E-state index in [1.54, 1.807) is 22.2 Å². The number of aromatic nitrogens is 3. The monoisotopic (exact) mass is 320 g/mol. The third-order valence-electron chi connectivity index (χ3n) is 3.97. The highest BCUT2D eigenvalue weighted by atomic mass is 32.1. The van der Waals surface area contributed by atoms with E-state index in [0.717, 1.165) is 37.4 Å². The van der Waals surface area contributed by atoms with E-state index in [1.165, 1.54) is 0 Å². The van der Waals surface area contributed by atoms with Gasteiger partial charge in [-0.2, -0.15) is 0 Å². The van der Waals surface area contributed by atoms with Crippen molar-refractivity contribution in [1.29, 1.82) is 0 Å². The SMILES string of the molecule is O=C(Cc1cccs1)N1CCC[C@H](Cn2cc(CO)nn2)C1. The maximum Gasteiger partial charge on any atom is 0.227 e. The Morgan fingerprint density at radius 2 is 2.41 bits per heavy atom. The molecule has 1 aliphatic rings. The maximum atomic E-state index is 12.4. The van der Waals surface area contributed by atoms with Gasteiger partial charge in [-0.15, -0.1) is 16.4 Å². The van der Waals surface area contributed by atoms with Crippen LogP contribution in [-0.4, -0.2) is 44.0 Å². The number of hydrogen-bond donors (Lipinski definition) is 1. The van der Waals surface area contributed by atoms with Gasteiger partial charge in [0.1, 0.15) is 5.69 Å². The van der Waals surface area contributed by atoms with Crippen LogP contribution in [0.5, 0.6) is 0 Å². The van der Waals surface area contributed by atoms with Gasteiger partial charge in [0.05, 0.1) is 19.2 Å². The molecule has 1 fully saturated rings. The minimum atomic E-state index is -0.0872. The van der Waals surface area contributed by atoms with Crippen LogP contribution in [0.1, 0.15) is 23.4 Å². The van der Waals surface area contributed by atoms with Crippen LogP contribution in [0, 0.1) is 5.92 Å². The van der Waals surface area contributed by atoms with Gasteiger partial charge in [0.2, 0.25) is 5.91 Å². The molecule has 1 aliphatic heterocycles. The molecular weight excluding hydrogens is 300 g/mol. The summed E-state index contributed by atoms with van der Waals surface area (Å²) in [5, 5.41) is 18.9. The van der Waals surface area contributed by atoms with Crippen molar-refractivity contribution in [3.8, 4) is 0 Å². The van der Waals surface area contributed by atoms with Gasteiger partial charge in [0, 0.05) is 24.5 Å². The third-order valence-corrected chi connectivity index (χ3v) is 4.85. The maximum absolute atomic E-state index is 12.4. The van der Waals surface area contributed by atoms with Gasteiger partial charge in [-0.25, -0.2) is 0 Å². The number of aliphatic hydroxyl groups is 1. The molecule has 0 aliphatic carbocycles. The summed E-state index contributed by atoms with van der Waals surface area (Å²) >= 11 is 1.63. The van der Waals surface area contributed by atoms with Crippen molar-refractivity contribution in [3.63, 3.8) is 0 Å². The zero-order valence-corrected chi connectivity index (χ0v) is 13.2. The molecule has 2 aromatic rings. The van der Waals surface area contributed by atoms with E-state index in [1.807, 2.05) is 22.4 Å². The molecule has 1 atom stereocenters. The summed E-state index contributed by atoms with van der Waals surface area (Å²) in [5.74, 6) is 0.607. The van der Waals surface area contributed by atoms with Crippen LogP contribution in [0.15, 0.2) is 23.7 Å². The van der Waals surface area contributed by atoms with E-state index in [2.05, 4.69) is 10.3 Å². The summed E-state index contributed by atoms with van der Waals surface area (Å²) < 4.78 is 1.77. The molecule has 2 aromatic heterocycles. The number of amides is 1. The Morgan fingerprint density at radius 3 is 3.14 bits per heavy atom. The summed E-state index contributed by atoms with van der Waals surface area (Å²) in [6.07, 6.45) is 4.40. The molecule has 1 saturated heterocycles. The fourth-order valence-electron chi connectivity index (χ4n) is 2.88. The van der Waals surface area contributed by atoms with Gasteiger partial charge < -0.3 is 10.0 Å². The first-order chi connectivity index (χ1) is 10.7. The minimum Gasteiger partial charge on any atom is -0.390 e. The molecule has 0 saturated carbocycles. The van der Waals surface area contributed by atoms with Crippen molar-refractivity contribution in [1.82, 2.24) is 19.9 Å². The molecule has 0 spiro atoms. The van der Waals surface area contributed by atoms with Crippen molar-refractivity contribution in [2.45, 2.75) is 32.4 Å². The Hall–Kier alpha value is -1.73. The molecule has 0 aromatic carbocycles. The predicted octanol–water partition coefficient (Wildman–Crippen LogP) is 1.31. The van der Waals surface area contributed by atoms with Gasteiger partial charge in [0.15, 0.2) is 0 Å². The van der Waals surface area contributed by atoms with Crippen molar-refractivity contribution in [3.05, 3.63) is 34.3 Å². The molecular formula is C15H20N4O2S. The predicted molar refractivity (Wildman–Crippen MR) is 83.3 cm³/mol. The molecule has 3 rings (SSSR count). The van der Waals surface area contributed by atoms with Gasteiger partial charge >= 0.3 is 0 Å². The van der Waals surface area contributed by atoms with Gasteiger partial charge in [-0.05, 0) is 30.2 Å². The molecule has 22 heavy (non-hydrogen) atoms. The highest BCUT2D eigenvalue weighted by Crippen LogP contribution is 2.20. The second kappa shape index (κ2) is 7.02. The van der Waals surface area contributed by atoms with Gasteiger partial charge in [-0.3, -0.25) is 9.48 Å². The number of nitrogens with zero attached hydrogens (tertiary/aromatic N) is 4. The molecule has 0 bridgehead atoms. The van der Waals surface area contributed by atoms with Crippen molar-refractivity contribution in [2.24, 2.45) is 5.92 Å². The topological polar surface area (TPSA) is 71.2 Å². The molecule has 0 radical (unpaired) electrons. The first-order valence-electron chi connectivity index (χ1n) is 7.54. The number of thiophene rings is 1. The number of carbonyl (C=O) groups is 1. The van der Waals surface area contributed by atoms with Crippen molar-refractivity contribution in [2.75, 3.05) is 13.1 Å². The summed E-state index contributed by atoms with van der Waals surface area (Å²) in [6, 6.07) is 3.99. The second-order valence-corrected chi connectivity index (χ2v) is 6.73. The number of rotatable bonds is 5. The lowest BCUT2D eigenvalue weighted by Gasteiger charge is -2.32. The van der Waals surface area contributed by atoms with E-state index in [0.29, 0.717) is 18.0 Å². The zero-order chi connectivity index (χ0) is 15.4. The summed E-state index contributed by atoms with van der Waals surface area (Å²) in [6.45, 7) is 2.28. The van der Waals surface area contributed by atoms with E-state index in [4.69, 9.17) is 5.11 Å². The number of hydrogen-bond acceptors (Lipinski definition) is 5. The smallest absolute Gasteiger partial charge is 0.227 e. The Bertz CT molecular complexity index is 611. The first-order valence-corrected chi connectivity index (χ1v) is 8.42. The average Bonchev–Trinajstić information content (AvgIpc) is 3.19. The van der Waals surface area contributed by atoms with Crippen LogP contribution in [0.2, 0.25) is 0 Å². The summed E-state index contributed by atoms with van der Waals surface area (Å²) in [5.41, 5.74) is 0.585. The average molecular weight is 320 g/mol. The van der Waals surface area contributed by atoms with Crippen LogP contribution in [-0.2, 0) is 24.4 Å². The standard InChI is InChI=1S/C15H20N4O2S/c20-11-13-10-19(17-16-13)9-12-3-1-5-18(8-12)15(21)7-14-4-2-6-22-14/h2,4,6,10,12,20H,1,3,5,7-9,11H2/t12-/m0/s1. The number of likely N-dealkylation sites (tertiary alicyclic amines) is 1. The zero-order valence-electron chi connectivity index (χ0n) is 12.4. The van der Waals surface area contributed by atoms with Crippen LogP contribution in [0.25, 0.3) is 0 Å². The van der Waals surface area contributed by atoms with Crippen LogP contribution < -0.4 is 0 Å². The van der Waals surface area contributed by atoms with Crippen molar-refractivity contribution >= 4 is 17.2 Å². The number of carbonyl (C=O) groups excluding carboxylic acids is 1. The molecule has 7 heteroatoms. The van der Waals surface area contributed by atoms with E-state index < -0.39 is 0 Å². The summed E-state index contributed by atoms with van der Waals surface area (Å²) in [4.78, 5) is 15.5. The molecule has 1 N–H and O–H groups in total. The molecule has 3 heterocycles. The normalized spacial score (nSPS) is 18.6. The fourth-order valence-corrected chi connectivity index (χ4v) is 3.58. The Kier molecular flexibility index (Phi) is 4.84. The number of aliphatic hydroxyl groups excluding tert-OH is 1. The lowest BCUT2D eigenvalue weighted by Crippen LogP contribution is -2.41. The highest BCUT2D eigenvalue weighted by Gasteiger charge is 2.24. The fraction of sp³-hybridized carbons (Fsp3) is 0.533. The molecule has 6 nitrogen and oxygen atoms in total. The van der Waals surface area contributed by atoms with Gasteiger partial charge in [0.25, 0.3) is 0 Å². The van der Waals surface area contributed by atoms with Crippen LogP contribution in [0.4, 0.5) is 0 Å². The Balaban J connectivity index is 1.55. The highest BCUT2D eigenvalue weighted by molar-refractivity contribution is 7.10. The molecule has 0 unspecified atom stereocenters. The van der Waals surface area contributed by atoms with E-state index in [-0.39, 0.29) is 12.5 Å². The largest absolute Gasteiger partial charge is 0.390 e.